The number of aromatic nitrogens is 3. The monoisotopic (exact) mass is 419 g/mol. The number of nitrogen functional groups attached to an aromatic ring is 1. The molecule has 31 heavy (non-hydrogen) atoms. The third kappa shape index (κ3) is 4.06. The van der Waals surface area contributed by atoms with Crippen molar-refractivity contribution >= 4 is 39.7 Å². The largest absolute Gasteiger partial charge is 0.397 e. The van der Waals surface area contributed by atoms with Crippen molar-refractivity contribution in [2.75, 3.05) is 47.1 Å². The van der Waals surface area contributed by atoms with E-state index in [1.54, 1.807) is 6.20 Å². The SMILES string of the molecule is Nc1ccc2cnc(Nc3ccc(N4CCNCC4)cn3)nc2c1N(N)C1CCCC1. The summed E-state index contributed by atoms with van der Waals surface area (Å²) >= 11 is 0. The van der Waals surface area contributed by atoms with Gasteiger partial charge in [0.25, 0.3) is 0 Å². The highest BCUT2D eigenvalue weighted by Gasteiger charge is 2.24. The van der Waals surface area contributed by atoms with Crippen LogP contribution in [0.25, 0.3) is 10.9 Å². The van der Waals surface area contributed by atoms with Crippen LogP contribution >= 0.6 is 0 Å². The molecule has 2 fully saturated rings. The fourth-order valence-electron chi connectivity index (χ4n) is 4.48. The summed E-state index contributed by atoms with van der Waals surface area (Å²) in [5.74, 6) is 7.68. The number of piperazine rings is 1. The minimum Gasteiger partial charge on any atom is -0.397 e. The molecule has 0 spiro atoms. The Morgan fingerprint density at radius 1 is 1.03 bits per heavy atom. The van der Waals surface area contributed by atoms with E-state index in [-0.39, 0.29) is 0 Å². The number of anilines is 5. The first-order chi connectivity index (χ1) is 15.2. The van der Waals surface area contributed by atoms with E-state index in [0.29, 0.717) is 23.5 Å². The van der Waals surface area contributed by atoms with Gasteiger partial charge >= 0.3 is 0 Å². The maximum atomic E-state index is 6.51. The first-order valence-corrected chi connectivity index (χ1v) is 11.0. The Morgan fingerprint density at radius 2 is 1.84 bits per heavy atom. The highest BCUT2D eigenvalue weighted by Crippen LogP contribution is 2.35. The minimum absolute atomic E-state index is 0.290. The van der Waals surface area contributed by atoms with Crippen molar-refractivity contribution in [2.24, 2.45) is 5.84 Å². The summed E-state index contributed by atoms with van der Waals surface area (Å²) < 4.78 is 0. The molecule has 9 nitrogen and oxygen atoms in total. The number of pyridine rings is 1. The molecule has 1 saturated carbocycles. The topological polar surface area (TPSA) is 121 Å². The summed E-state index contributed by atoms with van der Waals surface area (Å²) in [6.07, 6.45) is 8.23. The van der Waals surface area contributed by atoms with Gasteiger partial charge < -0.3 is 26.3 Å². The molecule has 2 aliphatic rings. The number of rotatable bonds is 5. The van der Waals surface area contributed by atoms with Gasteiger partial charge in [0.05, 0.1) is 17.6 Å². The summed E-state index contributed by atoms with van der Waals surface area (Å²) in [4.78, 5) is 16.1. The Morgan fingerprint density at radius 3 is 2.58 bits per heavy atom. The average molecular weight is 420 g/mol. The van der Waals surface area contributed by atoms with Crippen molar-refractivity contribution in [1.29, 1.82) is 0 Å². The van der Waals surface area contributed by atoms with Crippen LogP contribution in [-0.2, 0) is 0 Å². The molecule has 0 unspecified atom stereocenters. The van der Waals surface area contributed by atoms with E-state index >= 15 is 0 Å². The van der Waals surface area contributed by atoms with E-state index in [2.05, 4.69) is 31.6 Å². The van der Waals surface area contributed by atoms with Crippen LogP contribution in [0.3, 0.4) is 0 Å². The van der Waals surface area contributed by atoms with Crippen LogP contribution in [-0.4, -0.2) is 47.2 Å². The minimum atomic E-state index is 0.290. The van der Waals surface area contributed by atoms with Gasteiger partial charge in [-0.1, -0.05) is 12.8 Å². The third-order valence-corrected chi connectivity index (χ3v) is 6.20. The van der Waals surface area contributed by atoms with Gasteiger partial charge in [0, 0.05) is 43.8 Å². The highest BCUT2D eigenvalue weighted by molar-refractivity contribution is 5.97. The molecule has 1 aliphatic heterocycles. The molecular weight excluding hydrogens is 390 g/mol. The average Bonchev–Trinajstić information content (AvgIpc) is 3.35. The second-order valence-corrected chi connectivity index (χ2v) is 8.24. The molecule has 3 heterocycles. The normalized spacial score (nSPS) is 17.3. The lowest BCUT2D eigenvalue weighted by Gasteiger charge is -2.29. The van der Waals surface area contributed by atoms with Gasteiger partial charge in [0.2, 0.25) is 5.95 Å². The molecule has 0 atom stereocenters. The molecule has 6 N–H and O–H groups in total. The van der Waals surface area contributed by atoms with E-state index in [1.165, 1.54) is 12.8 Å². The number of hydrazine groups is 1. The van der Waals surface area contributed by atoms with Crippen molar-refractivity contribution in [3.63, 3.8) is 0 Å². The predicted octanol–water partition coefficient (Wildman–Crippen LogP) is 2.38. The molecule has 2 aromatic heterocycles. The van der Waals surface area contributed by atoms with Gasteiger partial charge in [-0.3, -0.25) is 0 Å². The molecule has 9 heteroatoms. The lowest BCUT2D eigenvalue weighted by Crippen LogP contribution is -2.43. The first kappa shape index (κ1) is 19.8. The number of nitrogens with two attached hydrogens (primary N) is 2. The number of nitrogens with one attached hydrogen (secondary N) is 2. The molecule has 1 aliphatic carbocycles. The zero-order chi connectivity index (χ0) is 21.2. The highest BCUT2D eigenvalue weighted by atomic mass is 15.4. The standard InChI is InChI=1S/C22H29N9/c23-18-7-5-15-13-27-22(29-20(15)21(18)31(24)16-3-1-2-4-16)28-19-8-6-17(14-26-19)30-11-9-25-10-12-30/h5-8,13-14,16,25H,1-4,9-12,23-24H2,(H,26,27,28,29). The van der Waals surface area contributed by atoms with Crippen molar-refractivity contribution in [3.8, 4) is 0 Å². The fourth-order valence-corrected chi connectivity index (χ4v) is 4.48. The van der Waals surface area contributed by atoms with Crippen LogP contribution in [0, 0.1) is 0 Å². The van der Waals surface area contributed by atoms with Gasteiger partial charge in [-0.25, -0.2) is 20.8 Å². The molecule has 0 radical (unpaired) electrons. The Kier molecular flexibility index (Phi) is 5.44. The summed E-state index contributed by atoms with van der Waals surface area (Å²) in [7, 11) is 0. The van der Waals surface area contributed by atoms with Crippen LogP contribution in [0.15, 0.2) is 36.7 Å². The number of hydrogen-bond acceptors (Lipinski definition) is 9. The van der Waals surface area contributed by atoms with Crippen LogP contribution in [0.4, 0.5) is 28.8 Å². The lowest BCUT2D eigenvalue weighted by atomic mass is 10.1. The number of hydrogen-bond donors (Lipinski definition) is 4. The van der Waals surface area contributed by atoms with Gasteiger partial charge in [0.15, 0.2) is 0 Å². The Hall–Kier alpha value is -3.17. The summed E-state index contributed by atoms with van der Waals surface area (Å²) in [5, 5.41) is 9.30. The predicted molar refractivity (Wildman–Crippen MR) is 125 cm³/mol. The van der Waals surface area contributed by atoms with Crippen LogP contribution in [0.5, 0.6) is 0 Å². The second kappa shape index (κ2) is 8.52. The van der Waals surface area contributed by atoms with Crippen LogP contribution in [0.2, 0.25) is 0 Å². The van der Waals surface area contributed by atoms with E-state index in [1.807, 2.05) is 29.4 Å². The quantitative estimate of drug-likeness (QED) is 0.280. The zero-order valence-corrected chi connectivity index (χ0v) is 17.6. The van der Waals surface area contributed by atoms with Crippen molar-refractivity contribution in [2.45, 2.75) is 31.7 Å². The Balaban J connectivity index is 1.40. The van der Waals surface area contributed by atoms with Gasteiger partial charge in [0.1, 0.15) is 17.0 Å². The summed E-state index contributed by atoms with van der Waals surface area (Å²) in [6.45, 7) is 3.97. The van der Waals surface area contributed by atoms with Crippen LogP contribution in [0.1, 0.15) is 25.7 Å². The van der Waals surface area contributed by atoms with E-state index in [9.17, 15) is 0 Å². The third-order valence-electron chi connectivity index (χ3n) is 6.20. The lowest BCUT2D eigenvalue weighted by molar-refractivity contribution is 0.589. The molecule has 3 aromatic rings. The second-order valence-electron chi connectivity index (χ2n) is 8.24. The van der Waals surface area contributed by atoms with Gasteiger partial charge in [-0.2, -0.15) is 0 Å². The molecule has 1 aromatic carbocycles. The fraction of sp³-hybridized carbons (Fsp3) is 0.409. The maximum absolute atomic E-state index is 6.51. The molecular formula is C22H29N9. The number of benzene rings is 1. The Labute approximate surface area is 181 Å². The molecule has 0 bridgehead atoms. The van der Waals surface area contributed by atoms with Crippen LogP contribution < -0.4 is 32.1 Å². The zero-order valence-electron chi connectivity index (χ0n) is 17.6. The maximum Gasteiger partial charge on any atom is 0.228 e. The first-order valence-electron chi connectivity index (χ1n) is 11.0. The molecule has 162 valence electrons. The molecule has 1 saturated heterocycles. The van der Waals surface area contributed by atoms with Gasteiger partial charge in [-0.15, -0.1) is 0 Å². The number of fused-ring (bicyclic) bond motifs is 1. The van der Waals surface area contributed by atoms with Crippen molar-refractivity contribution < 1.29 is 0 Å². The van der Waals surface area contributed by atoms with E-state index in [0.717, 1.165) is 61.3 Å². The van der Waals surface area contributed by atoms with E-state index < -0.39 is 0 Å². The van der Waals surface area contributed by atoms with Gasteiger partial charge in [-0.05, 0) is 37.1 Å². The Bertz CT molecular complexity index is 1040. The van der Waals surface area contributed by atoms with E-state index in [4.69, 9.17) is 16.6 Å². The summed E-state index contributed by atoms with van der Waals surface area (Å²) in [5.41, 5.74) is 9.60. The molecule has 0 amide bonds. The van der Waals surface area contributed by atoms with Crippen molar-refractivity contribution in [1.82, 2.24) is 20.3 Å². The molecule has 5 rings (SSSR count). The summed E-state index contributed by atoms with van der Waals surface area (Å²) in [6, 6.07) is 8.13. The smallest absolute Gasteiger partial charge is 0.228 e. The van der Waals surface area contributed by atoms with Crippen molar-refractivity contribution in [3.05, 3.63) is 36.7 Å². The number of nitrogens with zero attached hydrogens (tertiary/aromatic N) is 5.